The van der Waals surface area contributed by atoms with Gasteiger partial charge in [0.2, 0.25) is 5.79 Å². The highest BCUT2D eigenvalue weighted by Crippen LogP contribution is 2.35. The zero-order valence-electron chi connectivity index (χ0n) is 6.89. The third-order valence-electron chi connectivity index (χ3n) is 1.81. The van der Waals surface area contributed by atoms with E-state index in [1.165, 1.54) is 0 Å². The fourth-order valence-electron chi connectivity index (χ4n) is 1.40. The minimum Gasteiger partial charge on any atom is -0.453 e. The summed E-state index contributed by atoms with van der Waals surface area (Å²) in [5.41, 5.74) is 0. The van der Waals surface area contributed by atoms with Crippen LogP contribution in [0.2, 0.25) is 0 Å². The van der Waals surface area contributed by atoms with Crippen LogP contribution in [0.1, 0.15) is 26.7 Å². The molecule has 1 heterocycles. The van der Waals surface area contributed by atoms with E-state index in [0.717, 1.165) is 24.4 Å². The zero-order valence-corrected chi connectivity index (χ0v) is 6.89. The van der Waals surface area contributed by atoms with Gasteiger partial charge in [-0.3, -0.25) is 0 Å². The Bertz CT molecular complexity index is 236. The maximum atomic E-state index is 5.56. The highest BCUT2D eigenvalue weighted by Gasteiger charge is 2.33. The number of rotatable bonds is 0. The van der Waals surface area contributed by atoms with Crippen LogP contribution in [0.15, 0.2) is 23.7 Å². The van der Waals surface area contributed by atoms with Gasteiger partial charge in [-0.2, -0.15) is 0 Å². The summed E-state index contributed by atoms with van der Waals surface area (Å²) < 4.78 is 11.1. The highest BCUT2D eigenvalue weighted by atomic mass is 16.7. The van der Waals surface area contributed by atoms with Gasteiger partial charge in [0.15, 0.2) is 5.76 Å². The van der Waals surface area contributed by atoms with Gasteiger partial charge >= 0.3 is 0 Å². The first kappa shape index (κ1) is 6.77. The molecule has 1 aliphatic carbocycles. The number of ether oxygens (including phenoxy) is 2. The molecule has 2 nitrogen and oxygen atoms in total. The van der Waals surface area contributed by atoms with Gasteiger partial charge < -0.3 is 9.47 Å². The van der Waals surface area contributed by atoms with E-state index in [0.29, 0.717) is 0 Å². The smallest absolute Gasteiger partial charge is 0.245 e. The normalized spacial score (nSPS) is 26.0. The summed E-state index contributed by atoms with van der Waals surface area (Å²) in [5.74, 6) is 1.48. The van der Waals surface area contributed by atoms with Crippen LogP contribution in [0.3, 0.4) is 0 Å². The Hall–Kier alpha value is -0.920. The average Bonchev–Trinajstić information content (AvgIpc) is 2.21. The summed E-state index contributed by atoms with van der Waals surface area (Å²) in [6.45, 7) is 3.86. The molecule has 0 aromatic rings. The molecule has 0 unspecified atom stereocenters. The monoisotopic (exact) mass is 152 g/mol. The molecule has 0 spiro atoms. The summed E-state index contributed by atoms with van der Waals surface area (Å²) >= 11 is 0. The topological polar surface area (TPSA) is 18.5 Å². The molecule has 0 radical (unpaired) electrons. The van der Waals surface area contributed by atoms with Crippen LogP contribution in [0.25, 0.3) is 0 Å². The van der Waals surface area contributed by atoms with Crippen molar-refractivity contribution < 1.29 is 9.47 Å². The molecule has 0 aromatic heterocycles. The van der Waals surface area contributed by atoms with Gasteiger partial charge in [0.1, 0.15) is 5.76 Å². The standard InChI is InChI=1S/C9H12O2/c1-9(2)10-7-5-3-4-6-8(7)11-9/h3,5H,4,6H2,1-2H3. The van der Waals surface area contributed by atoms with E-state index in [-0.39, 0.29) is 0 Å². The molecule has 0 atom stereocenters. The third-order valence-corrected chi connectivity index (χ3v) is 1.81. The molecule has 0 fully saturated rings. The Morgan fingerprint density at radius 2 is 2.18 bits per heavy atom. The Kier molecular flexibility index (Phi) is 1.25. The van der Waals surface area contributed by atoms with Crippen molar-refractivity contribution in [1.29, 1.82) is 0 Å². The molecule has 2 aliphatic rings. The summed E-state index contributed by atoms with van der Waals surface area (Å²) in [5, 5.41) is 0. The van der Waals surface area contributed by atoms with Gasteiger partial charge in [-0.15, -0.1) is 0 Å². The van der Waals surface area contributed by atoms with Crippen molar-refractivity contribution in [3.63, 3.8) is 0 Å². The lowest BCUT2D eigenvalue weighted by Crippen LogP contribution is -2.20. The van der Waals surface area contributed by atoms with Crippen molar-refractivity contribution >= 4 is 0 Å². The largest absolute Gasteiger partial charge is 0.453 e. The van der Waals surface area contributed by atoms with Gasteiger partial charge in [-0.05, 0) is 12.5 Å². The van der Waals surface area contributed by atoms with Crippen molar-refractivity contribution in [2.24, 2.45) is 0 Å². The molecular weight excluding hydrogens is 140 g/mol. The molecular formula is C9H12O2. The Morgan fingerprint density at radius 1 is 1.36 bits per heavy atom. The second kappa shape index (κ2) is 2.03. The van der Waals surface area contributed by atoms with Gasteiger partial charge in [0.25, 0.3) is 0 Å². The quantitative estimate of drug-likeness (QED) is 0.530. The van der Waals surface area contributed by atoms with Crippen molar-refractivity contribution in [2.75, 3.05) is 0 Å². The minimum absolute atomic E-state index is 0.445. The summed E-state index contributed by atoms with van der Waals surface area (Å²) in [4.78, 5) is 0. The summed E-state index contributed by atoms with van der Waals surface area (Å²) in [7, 11) is 0. The molecule has 11 heavy (non-hydrogen) atoms. The Labute approximate surface area is 66.5 Å². The predicted molar refractivity (Wildman–Crippen MR) is 41.6 cm³/mol. The van der Waals surface area contributed by atoms with E-state index in [1.807, 2.05) is 19.9 Å². The first-order valence-corrected chi connectivity index (χ1v) is 3.95. The van der Waals surface area contributed by atoms with Crippen LogP contribution >= 0.6 is 0 Å². The lowest BCUT2D eigenvalue weighted by molar-refractivity contribution is -0.121. The molecule has 0 bridgehead atoms. The molecule has 0 amide bonds. The first-order valence-electron chi connectivity index (χ1n) is 3.95. The van der Waals surface area contributed by atoms with E-state index < -0.39 is 5.79 Å². The molecule has 60 valence electrons. The average molecular weight is 152 g/mol. The van der Waals surface area contributed by atoms with E-state index in [2.05, 4.69) is 6.08 Å². The highest BCUT2D eigenvalue weighted by molar-refractivity contribution is 5.23. The maximum absolute atomic E-state index is 5.56. The molecule has 0 N–H and O–H groups in total. The van der Waals surface area contributed by atoms with E-state index >= 15 is 0 Å². The fraction of sp³-hybridized carbons (Fsp3) is 0.556. The van der Waals surface area contributed by atoms with Crippen molar-refractivity contribution in [1.82, 2.24) is 0 Å². The SMILES string of the molecule is CC1(C)OC2=C(CCC=C2)O1. The van der Waals surface area contributed by atoms with Crippen molar-refractivity contribution in [3.8, 4) is 0 Å². The Balaban J connectivity index is 2.23. The Morgan fingerprint density at radius 3 is 2.91 bits per heavy atom. The third kappa shape index (κ3) is 1.13. The second-order valence-electron chi connectivity index (χ2n) is 3.33. The number of allylic oxidation sites excluding steroid dienone is 3. The second-order valence-corrected chi connectivity index (χ2v) is 3.33. The molecule has 0 saturated heterocycles. The fourth-order valence-corrected chi connectivity index (χ4v) is 1.40. The lowest BCUT2D eigenvalue weighted by atomic mass is 10.1. The molecule has 1 aliphatic heterocycles. The summed E-state index contributed by atoms with van der Waals surface area (Å²) in [6, 6.07) is 0. The van der Waals surface area contributed by atoms with Crippen LogP contribution < -0.4 is 0 Å². The molecule has 0 aromatic carbocycles. The number of hydrogen-bond donors (Lipinski definition) is 0. The number of hydrogen-bond acceptors (Lipinski definition) is 2. The van der Waals surface area contributed by atoms with Crippen LogP contribution in [0.4, 0.5) is 0 Å². The predicted octanol–water partition coefficient (Wildman–Crippen LogP) is 2.33. The summed E-state index contributed by atoms with van der Waals surface area (Å²) in [6.07, 6.45) is 6.16. The van der Waals surface area contributed by atoms with Crippen LogP contribution in [-0.2, 0) is 9.47 Å². The molecule has 2 heteroatoms. The van der Waals surface area contributed by atoms with Gasteiger partial charge in [0, 0.05) is 20.3 Å². The molecule has 0 saturated carbocycles. The van der Waals surface area contributed by atoms with E-state index in [4.69, 9.17) is 9.47 Å². The van der Waals surface area contributed by atoms with Gasteiger partial charge in [-0.25, -0.2) is 0 Å². The zero-order chi connectivity index (χ0) is 7.90. The maximum Gasteiger partial charge on any atom is 0.245 e. The molecule has 2 rings (SSSR count). The van der Waals surface area contributed by atoms with Crippen LogP contribution in [-0.4, -0.2) is 5.79 Å². The minimum atomic E-state index is -0.445. The van der Waals surface area contributed by atoms with Crippen LogP contribution in [0, 0.1) is 0 Å². The van der Waals surface area contributed by atoms with Crippen molar-refractivity contribution in [3.05, 3.63) is 23.7 Å². The van der Waals surface area contributed by atoms with Crippen molar-refractivity contribution in [2.45, 2.75) is 32.5 Å². The van der Waals surface area contributed by atoms with Crippen LogP contribution in [0.5, 0.6) is 0 Å². The lowest BCUT2D eigenvalue weighted by Gasteiger charge is -2.18. The van der Waals surface area contributed by atoms with Gasteiger partial charge in [0.05, 0.1) is 0 Å². The first-order chi connectivity index (χ1) is 5.17. The van der Waals surface area contributed by atoms with E-state index in [1.54, 1.807) is 0 Å². The van der Waals surface area contributed by atoms with E-state index in [9.17, 15) is 0 Å². The van der Waals surface area contributed by atoms with Gasteiger partial charge in [-0.1, -0.05) is 6.08 Å².